The number of carbonyl (C=O) groups is 1. The maximum Gasteiger partial charge on any atom is 0.219 e. The molecule has 0 saturated heterocycles. The molecule has 1 aliphatic carbocycles. The van der Waals surface area contributed by atoms with Crippen LogP contribution in [0.3, 0.4) is 0 Å². The number of rotatable bonds is 5. The third-order valence-corrected chi connectivity index (χ3v) is 2.87. The van der Waals surface area contributed by atoms with E-state index in [1.54, 1.807) is 0 Å². The van der Waals surface area contributed by atoms with Crippen molar-refractivity contribution in [1.82, 2.24) is 0 Å². The molecule has 0 heterocycles. The zero-order chi connectivity index (χ0) is 11.1. The molecule has 0 bridgehead atoms. The Bertz CT molecular complexity index is 267. The van der Waals surface area contributed by atoms with E-state index in [0.717, 1.165) is 24.2 Å². The highest BCUT2D eigenvalue weighted by atomic mass is 32.2. The highest BCUT2D eigenvalue weighted by Crippen LogP contribution is 2.17. The number of hydrogen-bond acceptors (Lipinski definition) is 3. The van der Waals surface area contributed by atoms with Gasteiger partial charge in [-0.25, -0.2) is 0 Å². The van der Waals surface area contributed by atoms with Crippen LogP contribution in [0, 0.1) is 0 Å². The van der Waals surface area contributed by atoms with Gasteiger partial charge in [-0.15, -0.1) is 0 Å². The maximum atomic E-state index is 11.6. The lowest BCUT2D eigenvalue weighted by Crippen LogP contribution is -2.07. The summed E-state index contributed by atoms with van der Waals surface area (Å²) in [5.41, 5.74) is 0.843. The van der Waals surface area contributed by atoms with Crippen molar-refractivity contribution in [2.75, 3.05) is 12.4 Å². The zero-order valence-electron chi connectivity index (χ0n) is 9.36. The van der Waals surface area contributed by atoms with Crippen LogP contribution in [0.1, 0.15) is 26.7 Å². The van der Waals surface area contributed by atoms with Crippen LogP contribution in [0.15, 0.2) is 23.8 Å². The average molecular weight is 226 g/mol. The Balaban J connectivity index is 2.18. The van der Waals surface area contributed by atoms with Crippen molar-refractivity contribution in [2.24, 2.45) is 0 Å². The van der Waals surface area contributed by atoms with Gasteiger partial charge in [-0.2, -0.15) is 0 Å². The predicted molar refractivity (Wildman–Crippen MR) is 65.0 cm³/mol. The molecule has 0 N–H and O–H groups in total. The molecule has 0 fully saturated rings. The molecule has 0 unspecified atom stereocenters. The molecule has 0 atom stereocenters. The molecular weight excluding hydrogens is 208 g/mol. The summed E-state index contributed by atoms with van der Waals surface area (Å²) in [6.45, 7) is 4.64. The molecule has 3 heteroatoms. The monoisotopic (exact) mass is 226 g/mol. The van der Waals surface area contributed by atoms with Crippen molar-refractivity contribution in [1.29, 1.82) is 0 Å². The average Bonchev–Trinajstić information content (AvgIpc) is 2.25. The fourth-order valence-corrected chi connectivity index (χ4v) is 1.95. The minimum Gasteiger partial charge on any atom is -0.378 e. The van der Waals surface area contributed by atoms with Gasteiger partial charge < -0.3 is 4.74 Å². The number of allylic oxidation sites excluding steroid dienone is 3. The summed E-state index contributed by atoms with van der Waals surface area (Å²) < 4.78 is 5.37. The van der Waals surface area contributed by atoms with Gasteiger partial charge in [0.15, 0.2) is 0 Å². The minimum atomic E-state index is 0.165. The van der Waals surface area contributed by atoms with Crippen molar-refractivity contribution in [3.63, 3.8) is 0 Å². The SMILES string of the molecule is CC(C)OCCSC(=O)C1=CCCC=C1. The molecule has 0 aliphatic heterocycles. The highest BCUT2D eigenvalue weighted by molar-refractivity contribution is 8.14. The summed E-state index contributed by atoms with van der Waals surface area (Å²) in [5.74, 6) is 0.738. The highest BCUT2D eigenvalue weighted by Gasteiger charge is 2.08. The van der Waals surface area contributed by atoms with Gasteiger partial charge >= 0.3 is 0 Å². The molecular formula is C12H18O2S. The first-order chi connectivity index (χ1) is 7.20. The maximum absolute atomic E-state index is 11.6. The van der Waals surface area contributed by atoms with Gasteiger partial charge in [-0.3, -0.25) is 4.79 Å². The van der Waals surface area contributed by atoms with E-state index in [-0.39, 0.29) is 11.2 Å². The van der Waals surface area contributed by atoms with E-state index in [2.05, 4.69) is 6.08 Å². The molecule has 0 amide bonds. The number of carbonyl (C=O) groups excluding carboxylic acids is 1. The quantitative estimate of drug-likeness (QED) is 0.674. The Morgan fingerprint density at radius 3 is 2.93 bits per heavy atom. The van der Waals surface area contributed by atoms with Crippen molar-refractivity contribution < 1.29 is 9.53 Å². The first-order valence-electron chi connectivity index (χ1n) is 5.35. The first kappa shape index (κ1) is 12.5. The Morgan fingerprint density at radius 1 is 1.53 bits per heavy atom. The second-order valence-electron chi connectivity index (χ2n) is 3.69. The van der Waals surface area contributed by atoms with Crippen LogP contribution in [-0.2, 0) is 9.53 Å². The summed E-state index contributed by atoms with van der Waals surface area (Å²) in [4.78, 5) is 11.6. The molecule has 0 aromatic rings. The lowest BCUT2D eigenvalue weighted by atomic mass is 10.1. The molecule has 0 saturated carbocycles. The van der Waals surface area contributed by atoms with E-state index in [1.807, 2.05) is 26.0 Å². The van der Waals surface area contributed by atoms with Crippen molar-refractivity contribution in [3.8, 4) is 0 Å². The zero-order valence-corrected chi connectivity index (χ0v) is 10.2. The van der Waals surface area contributed by atoms with Gasteiger partial charge in [0.25, 0.3) is 0 Å². The third kappa shape index (κ3) is 5.19. The van der Waals surface area contributed by atoms with Gasteiger partial charge in [-0.05, 0) is 26.7 Å². The smallest absolute Gasteiger partial charge is 0.219 e. The lowest BCUT2D eigenvalue weighted by Gasteiger charge is -2.07. The van der Waals surface area contributed by atoms with Gasteiger partial charge in [0, 0.05) is 11.3 Å². The third-order valence-electron chi connectivity index (χ3n) is 2.00. The van der Waals surface area contributed by atoms with Crippen molar-refractivity contribution in [3.05, 3.63) is 23.8 Å². The van der Waals surface area contributed by atoms with E-state index < -0.39 is 0 Å². The second-order valence-corrected chi connectivity index (χ2v) is 4.76. The molecule has 2 nitrogen and oxygen atoms in total. The summed E-state index contributed by atoms with van der Waals surface area (Å²) in [7, 11) is 0. The van der Waals surface area contributed by atoms with Gasteiger partial charge in [0.05, 0.1) is 12.7 Å². The Labute approximate surface area is 95.8 Å². The van der Waals surface area contributed by atoms with Gasteiger partial charge in [-0.1, -0.05) is 30.0 Å². The number of thioether (sulfide) groups is 1. The fourth-order valence-electron chi connectivity index (χ4n) is 1.27. The van der Waals surface area contributed by atoms with Crippen molar-refractivity contribution >= 4 is 16.9 Å². The van der Waals surface area contributed by atoms with E-state index in [4.69, 9.17) is 4.74 Å². The Hall–Kier alpha value is -0.540. The first-order valence-corrected chi connectivity index (χ1v) is 6.34. The normalized spacial score (nSPS) is 15.5. The van der Waals surface area contributed by atoms with Crippen LogP contribution < -0.4 is 0 Å². The minimum absolute atomic E-state index is 0.165. The van der Waals surface area contributed by atoms with E-state index in [1.165, 1.54) is 11.8 Å². The van der Waals surface area contributed by atoms with Crippen molar-refractivity contribution in [2.45, 2.75) is 32.8 Å². The molecule has 0 aromatic carbocycles. The number of ether oxygens (including phenoxy) is 1. The summed E-state index contributed by atoms with van der Waals surface area (Å²) in [6.07, 6.45) is 8.27. The predicted octanol–water partition coefficient (Wildman–Crippen LogP) is 2.95. The van der Waals surface area contributed by atoms with Crippen LogP contribution in [0.5, 0.6) is 0 Å². The van der Waals surface area contributed by atoms with E-state index >= 15 is 0 Å². The Morgan fingerprint density at radius 2 is 2.33 bits per heavy atom. The largest absolute Gasteiger partial charge is 0.378 e. The standard InChI is InChI=1S/C12H18O2S/c1-10(2)14-8-9-15-12(13)11-6-4-3-5-7-11/h4,6-7,10H,3,5,8-9H2,1-2H3. The molecule has 0 radical (unpaired) electrons. The molecule has 0 spiro atoms. The topological polar surface area (TPSA) is 26.3 Å². The fraction of sp³-hybridized carbons (Fsp3) is 0.583. The molecule has 15 heavy (non-hydrogen) atoms. The van der Waals surface area contributed by atoms with Gasteiger partial charge in [0.1, 0.15) is 0 Å². The van der Waals surface area contributed by atoms with Crippen LogP contribution >= 0.6 is 11.8 Å². The molecule has 0 aromatic heterocycles. The lowest BCUT2D eigenvalue weighted by molar-refractivity contribution is -0.107. The second kappa shape index (κ2) is 6.85. The summed E-state index contributed by atoms with van der Waals surface area (Å²) >= 11 is 1.34. The number of hydrogen-bond donors (Lipinski definition) is 0. The van der Waals surface area contributed by atoms with Crippen LogP contribution in [0.2, 0.25) is 0 Å². The molecule has 84 valence electrons. The van der Waals surface area contributed by atoms with Gasteiger partial charge in [0.2, 0.25) is 5.12 Å². The van der Waals surface area contributed by atoms with Crippen LogP contribution in [0.25, 0.3) is 0 Å². The van der Waals surface area contributed by atoms with E-state index in [9.17, 15) is 4.79 Å². The molecule has 1 aliphatic rings. The molecule has 1 rings (SSSR count). The van der Waals surface area contributed by atoms with E-state index in [0.29, 0.717) is 6.61 Å². The summed E-state index contributed by atoms with van der Waals surface area (Å²) in [5, 5.41) is 0.165. The summed E-state index contributed by atoms with van der Waals surface area (Å²) in [6, 6.07) is 0. The van der Waals surface area contributed by atoms with Crippen LogP contribution in [0.4, 0.5) is 0 Å². The Kier molecular flexibility index (Phi) is 5.73. The van der Waals surface area contributed by atoms with Crippen LogP contribution in [-0.4, -0.2) is 23.6 Å².